The van der Waals surface area contributed by atoms with Crippen molar-refractivity contribution in [1.29, 1.82) is 0 Å². The van der Waals surface area contributed by atoms with Crippen LogP contribution in [0.1, 0.15) is 31.1 Å². The van der Waals surface area contributed by atoms with Crippen LogP contribution >= 0.6 is 0 Å². The Kier molecular flexibility index (Phi) is 5.68. The maximum atomic E-state index is 12.2. The van der Waals surface area contributed by atoms with Gasteiger partial charge in [-0.25, -0.2) is 0 Å². The highest BCUT2D eigenvalue weighted by Gasteiger charge is 2.36. The number of benzene rings is 2. The summed E-state index contributed by atoms with van der Waals surface area (Å²) in [6.07, 6.45) is 0. The molecule has 1 aliphatic heterocycles. The minimum atomic E-state index is -0.952. The summed E-state index contributed by atoms with van der Waals surface area (Å²) in [6.45, 7) is -1.37. The fourth-order valence-electron chi connectivity index (χ4n) is 2.68. The summed E-state index contributed by atoms with van der Waals surface area (Å²) >= 11 is 0. The van der Waals surface area contributed by atoms with Crippen LogP contribution in [-0.4, -0.2) is 54.8 Å². The lowest BCUT2D eigenvalue weighted by Gasteiger charge is -2.13. The van der Waals surface area contributed by atoms with Crippen LogP contribution < -0.4 is 10.1 Å². The minimum Gasteiger partial charge on any atom is -0.497 e. The molecule has 1 heterocycles. The van der Waals surface area contributed by atoms with Crippen LogP contribution in [0, 0.1) is 0 Å². The second-order valence-electron chi connectivity index (χ2n) is 6.01. The van der Waals surface area contributed by atoms with E-state index in [0.717, 1.165) is 4.90 Å². The molecule has 0 atom stereocenters. The number of rotatable bonds is 6. The van der Waals surface area contributed by atoms with Crippen molar-refractivity contribution in [3.05, 3.63) is 65.2 Å². The number of nitrogens with one attached hydrogen (secondary N) is 1. The SMILES string of the molecule is COc1ccc(C(=O)NC(=O)COC(=O)CN2C(=O)c3ccccc3C2=O)cc1. The fourth-order valence-corrected chi connectivity index (χ4v) is 2.68. The maximum absolute atomic E-state index is 12.2. The van der Waals surface area contributed by atoms with Crippen LogP contribution in [0.4, 0.5) is 0 Å². The second kappa shape index (κ2) is 8.34. The Balaban J connectivity index is 1.49. The van der Waals surface area contributed by atoms with Gasteiger partial charge in [0.15, 0.2) is 6.61 Å². The Hall–Kier alpha value is -4.01. The third-order valence-corrected chi connectivity index (χ3v) is 4.13. The molecule has 9 nitrogen and oxygen atoms in total. The summed E-state index contributed by atoms with van der Waals surface area (Å²) < 4.78 is 9.74. The van der Waals surface area contributed by atoms with Crippen LogP contribution in [0.3, 0.4) is 0 Å². The zero-order valence-corrected chi connectivity index (χ0v) is 15.3. The molecule has 0 unspecified atom stereocenters. The lowest BCUT2D eigenvalue weighted by Crippen LogP contribution is -2.38. The summed E-state index contributed by atoms with van der Waals surface area (Å²) in [7, 11) is 1.48. The van der Waals surface area contributed by atoms with E-state index in [1.807, 2.05) is 0 Å². The van der Waals surface area contributed by atoms with Crippen molar-refractivity contribution in [2.24, 2.45) is 0 Å². The predicted octanol–water partition coefficient (Wildman–Crippen LogP) is 0.791. The van der Waals surface area contributed by atoms with Gasteiger partial charge in [-0.2, -0.15) is 0 Å². The number of imide groups is 2. The zero-order valence-electron chi connectivity index (χ0n) is 15.3. The summed E-state index contributed by atoms with van der Waals surface area (Å²) in [5.41, 5.74) is 0.623. The normalized spacial score (nSPS) is 12.4. The van der Waals surface area contributed by atoms with Gasteiger partial charge in [-0.05, 0) is 36.4 Å². The summed E-state index contributed by atoms with van der Waals surface area (Å²) in [5.74, 6) is -3.14. The van der Waals surface area contributed by atoms with Crippen LogP contribution in [0.5, 0.6) is 5.75 Å². The van der Waals surface area contributed by atoms with Gasteiger partial charge in [0.2, 0.25) is 0 Å². The molecule has 0 aromatic heterocycles. The van der Waals surface area contributed by atoms with Gasteiger partial charge in [-0.1, -0.05) is 12.1 Å². The molecule has 1 N–H and O–H groups in total. The van der Waals surface area contributed by atoms with Crippen molar-refractivity contribution in [3.8, 4) is 5.75 Å². The third kappa shape index (κ3) is 4.29. The summed E-state index contributed by atoms with van der Waals surface area (Å²) in [5, 5.41) is 2.07. The molecule has 0 fully saturated rings. The molecule has 2 aromatic carbocycles. The maximum Gasteiger partial charge on any atom is 0.326 e. The molecule has 4 amide bonds. The van der Waals surface area contributed by atoms with Crippen molar-refractivity contribution in [2.75, 3.05) is 20.3 Å². The van der Waals surface area contributed by atoms with Gasteiger partial charge >= 0.3 is 5.97 Å². The van der Waals surface area contributed by atoms with Gasteiger partial charge in [-0.3, -0.25) is 34.2 Å². The lowest BCUT2D eigenvalue weighted by molar-refractivity contribution is -0.148. The van der Waals surface area contributed by atoms with E-state index < -0.39 is 42.7 Å². The molecule has 0 saturated heterocycles. The fraction of sp³-hybridized carbons (Fsp3) is 0.150. The van der Waals surface area contributed by atoms with Gasteiger partial charge in [0.1, 0.15) is 12.3 Å². The first-order valence-corrected chi connectivity index (χ1v) is 8.50. The highest BCUT2D eigenvalue weighted by Crippen LogP contribution is 2.22. The molecule has 3 rings (SSSR count). The Morgan fingerprint density at radius 3 is 2.07 bits per heavy atom. The van der Waals surface area contributed by atoms with E-state index in [1.165, 1.54) is 31.4 Å². The minimum absolute atomic E-state index is 0.202. The van der Waals surface area contributed by atoms with Gasteiger partial charge in [0, 0.05) is 5.56 Å². The third-order valence-electron chi connectivity index (χ3n) is 4.13. The molecule has 29 heavy (non-hydrogen) atoms. The van der Waals surface area contributed by atoms with Crippen molar-refractivity contribution in [2.45, 2.75) is 0 Å². The van der Waals surface area contributed by atoms with E-state index in [-0.39, 0.29) is 16.7 Å². The molecule has 0 spiro atoms. The number of amides is 4. The Labute approximate surface area is 165 Å². The van der Waals surface area contributed by atoms with E-state index in [0.29, 0.717) is 5.75 Å². The summed E-state index contributed by atoms with van der Waals surface area (Å²) in [4.78, 5) is 60.9. The number of esters is 1. The van der Waals surface area contributed by atoms with Crippen molar-refractivity contribution >= 4 is 29.6 Å². The number of carbonyl (C=O) groups is 5. The highest BCUT2D eigenvalue weighted by atomic mass is 16.5. The quantitative estimate of drug-likeness (QED) is 0.566. The molecule has 1 aliphatic rings. The van der Waals surface area contributed by atoms with E-state index in [2.05, 4.69) is 5.32 Å². The number of nitrogens with zero attached hydrogens (tertiary/aromatic N) is 1. The van der Waals surface area contributed by atoms with E-state index in [1.54, 1.807) is 24.3 Å². The van der Waals surface area contributed by atoms with Gasteiger partial charge in [0.05, 0.1) is 18.2 Å². The van der Waals surface area contributed by atoms with Crippen molar-refractivity contribution in [3.63, 3.8) is 0 Å². The first kappa shape index (κ1) is 19.7. The van der Waals surface area contributed by atoms with Crippen LogP contribution in [0.25, 0.3) is 0 Å². The Morgan fingerprint density at radius 2 is 1.52 bits per heavy atom. The topological polar surface area (TPSA) is 119 Å². The number of hydrogen-bond donors (Lipinski definition) is 1. The molecule has 0 saturated carbocycles. The second-order valence-corrected chi connectivity index (χ2v) is 6.01. The van der Waals surface area contributed by atoms with Crippen LogP contribution in [0.2, 0.25) is 0 Å². The van der Waals surface area contributed by atoms with E-state index in [9.17, 15) is 24.0 Å². The predicted molar refractivity (Wildman–Crippen MR) is 98.2 cm³/mol. The van der Waals surface area contributed by atoms with Crippen molar-refractivity contribution < 1.29 is 33.4 Å². The monoisotopic (exact) mass is 396 g/mol. The van der Waals surface area contributed by atoms with Gasteiger partial charge in [0.25, 0.3) is 23.6 Å². The molecular weight excluding hydrogens is 380 g/mol. The van der Waals surface area contributed by atoms with E-state index in [4.69, 9.17) is 9.47 Å². The average Bonchev–Trinajstić information content (AvgIpc) is 2.97. The van der Waals surface area contributed by atoms with Crippen LogP contribution in [-0.2, 0) is 14.3 Å². The number of methoxy groups -OCH3 is 1. The smallest absolute Gasteiger partial charge is 0.326 e. The average molecular weight is 396 g/mol. The van der Waals surface area contributed by atoms with Crippen molar-refractivity contribution in [1.82, 2.24) is 10.2 Å². The largest absolute Gasteiger partial charge is 0.497 e. The molecular formula is C20H16N2O7. The number of fused-ring (bicyclic) bond motifs is 1. The summed E-state index contributed by atoms with van der Waals surface area (Å²) in [6, 6.07) is 12.2. The van der Waals surface area contributed by atoms with E-state index >= 15 is 0 Å². The molecule has 0 radical (unpaired) electrons. The van der Waals surface area contributed by atoms with Crippen LogP contribution in [0.15, 0.2) is 48.5 Å². The number of hydrogen-bond acceptors (Lipinski definition) is 7. The molecule has 148 valence electrons. The van der Waals surface area contributed by atoms with Gasteiger partial charge < -0.3 is 9.47 Å². The lowest BCUT2D eigenvalue weighted by atomic mass is 10.1. The number of ether oxygens (including phenoxy) is 2. The standard InChI is InChI=1S/C20H16N2O7/c1-28-13-8-6-12(7-9-13)18(25)21-16(23)11-29-17(24)10-22-19(26)14-4-2-3-5-15(14)20(22)27/h2-9H,10-11H2,1H3,(H,21,23,25). The molecule has 0 bridgehead atoms. The molecule has 9 heteroatoms. The highest BCUT2D eigenvalue weighted by molar-refractivity contribution is 6.22. The van der Waals surface area contributed by atoms with Gasteiger partial charge in [-0.15, -0.1) is 0 Å². The Morgan fingerprint density at radius 1 is 0.931 bits per heavy atom. The number of carbonyl (C=O) groups excluding carboxylic acids is 5. The first-order valence-electron chi connectivity index (χ1n) is 8.50. The zero-order chi connectivity index (χ0) is 21.0. The first-order chi connectivity index (χ1) is 13.9. The Bertz CT molecular complexity index is 963. The molecule has 0 aliphatic carbocycles. The molecule has 2 aromatic rings.